The highest BCUT2D eigenvalue weighted by atomic mass is 32.2. The summed E-state index contributed by atoms with van der Waals surface area (Å²) in [5.74, 6) is -1.08. The Kier molecular flexibility index (Phi) is 5.97. The summed E-state index contributed by atoms with van der Waals surface area (Å²) in [7, 11) is -4.33. The van der Waals surface area contributed by atoms with Crippen molar-refractivity contribution < 1.29 is 35.7 Å². The Morgan fingerprint density at radius 2 is 1.87 bits per heavy atom. The van der Waals surface area contributed by atoms with Gasteiger partial charge in [0, 0.05) is 13.6 Å². The molecule has 1 aromatic carbocycles. The molecule has 0 spiro atoms. The van der Waals surface area contributed by atoms with Gasteiger partial charge in [0.1, 0.15) is 11.8 Å². The van der Waals surface area contributed by atoms with Gasteiger partial charge < -0.3 is 19.9 Å². The van der Waals surface area contributed by atoms with Gasteiger partial charge in [-0.25, -0.2) is 0 Å². The quantitative estimate of drug-likeness (QED) is 0.563. The fourth-order valence-corrected chi connectivity index (χ4v) is 2.00. The number of rotatable bonds is 6. The summed E-state index contributed by atoms with van der Waals surface area (Å²) in [5, 5.41) is 8.75. The van der Waals surface area contributed by atoms with Crippen molar-refractivity contribution in [2.75, 3.05) is 20.2 Å². The number of hydrogen-bond donors (Lipinski definition) is 2. The smallest absolute Gasteiger partial charge is 0.395 e. The van der Waals surface area contributed by atoms with E-state index in [0.29, 0.717) is 0 Å². The first-order valence-electron chi connectivity index (χ1n) is 6.21. The zero-order valence-corrected chi connectivity index (χ0v) is 12.8. The van der Waals surface area contributed by atoms with Crippen molar-refractivity contribution in [3.8, 4) is 5.75 Å². The summed E-state index contributed by atoms with van der Waals surface area (Å²) in [4.78, 5) is 13.1. The number of aliphatic hydroxyl groups is 1. The van der Waals surface area contributed by atoms with Crippen LogP contribution in [-0.2, 0) is 14.9 Å². The number of halogens is 3. The number of nitrogens with two attached hydrogens (primary N) is 1. The second-order valence-corrected chi connectivity index (χ2v) is 6.05. The molecule has 0 heterocycles. The minimum atomic E-state index is -5.76. The molecule has 1 amide bonds. The number of alkyl halides is 3. The van der Waals surface area contributed by atoms with Gasteiger partial charge in [-0.3, -0.25) is 4.79 Å². The van der Waals surface area contributed by atoms with Crippen molar-refractivity contribution in [2.45, 2.75) is 11.6 Å². The van der Waals surface area contributed by atoms with Gasteiger partial charge in [0.2, 0.25) is 5.91 Å². The third kappa shape index (κ3) is 4.81. The van der Waals surface area contributed by atoms with Crippen molar-refractivity contribution in [1.82, 2.24) is 4.90 Å². The van der Waals surface area contributed by atoms with Crippen molar-refractivity contribution in [1.29, 1.82) is 0 Å². The number of hydrogen-bond acceptors (Lipinski definition) is 6. The molecule has 1 atom stereocenters. The van der Waals surface area contributed by atoms with Crippen LogP contribution in [0.25, 0.3) is 0 Å². The molecule has 0 bridgehead atoms. The molecule has 1 aromatic rings. The summed E-state index contributed by atoms with van der Waals surface area (Å²) in [6, 6.07) is 3.16. The van der Waals surface area contributed by atoms with Gasteiger partial charge in [0.05, 0.1) is 6.61 Å². The molecule has 0 radical (unpaired) electrons. The molecule has 11 heteroatoms. The van der Waals surface area contributed by atoms with Crippen molar-refractivity contribution in [3.63, 3.8) is 0 Å². The van der Waals surface area contributed by atoms with Gasteiger partial charge in [0.25, 0.3) is 0 Å². The van der Waals surface area contributed by atoms with Crippen LogP contribution in [0.3, 0.4) is 0 Å². The van der Waals surface area contributed by atoms with Gasteiger partial charge in [-0.1, -0.05) is 12.1 Å². The molecule has 7 nitrogen and oxygen atoms in total. The molecular formula is C12H15F3N2O5S. The first-order chi connectivity index (χ1) is 10.5. The van der Waals surface area contributed by atoms with Crippen LogP contribution in [0.5, 0.6) is 5.75 Å². The summed E-state index contributed by atoms with van der Waals surface area (Å²) < 4.78 is 62.2. The predicted octanol–water partition coefficient (Wildman–Crippen LogP) is 0.366. The maximum Gasteiger partial charge on any atom is 0.534 e. The highest BCUT2D eigenvalue weighted by Gasteiger charge is 2.48. The molecular weight excluding hydrogens is 341 g/mol. The molecule has 0 fully saturated rings. The van der Waals surface area contributed by atoms with Crippen molar-refractivity contribution in [3.05, 3.63) is 29.8 Å². The number of nitrogens with zero attached hydrogens (tertiary/aromatic N) is 1. The lowest BCUT2D eigenvalue weighted by Crippen LogP contribution is -2.37. The Balaban J connectivity index is 2.87. The zero-order valence-electron chi connectivity index (χ0n) is 11.9. The van der Waals surface area contributed by atoms with E-state index in [2.05, 4.69) is 4.18 Å². The molecule has 0 saturated heterocycles. The van der Waals surface area contributed by atoms with E-state index >= 15 is 0 Å². The van der Waals surface area contributed by atoms with E-state index in [-0.39, 0.29) is 18.7 Å². The Morgan fingerprint density at radius 3 is 2.30 bits per heavy atom. The molecule has 1 rings (SSSR count). The topological polar surface area (TPSA) is 110 Å². The van der Waals surface area contributed by atoms with Gasteiger partial charge in [-0.2, -0.15) is 21.6 Å². The van der Waals surface area contributed by atoms with Crippen LogP contribution in [0.15, 0.2) is 24.3 Å². The molecule has 0 saturated carbocycles. The Bertz CT molecular complexity index is 646. The molecule has 0 aliphatic heterocycles. The highest BCUT2D eigenvalue weighted by molar-refractivity contribution is 7.87. The SMILES string of the molecule is CN(CCO)C(=O)[C@H](N)c1ccc(OS(=O)(=O)C(F)(F)F)cc1. The number of carbonyl (C=O) groups excluding carboxylic acids is 1. The lowest BCUT2D eigenvalue weighted by Gasteiger charge is -2.20. The molecule has 23 heavy (non-hydrogen) atoms. The maximum atomic E-state index is 12.2. The largest absolute Gasteiger partial charge is 0.534 e. The summed E-state index contributed by atoms with van der Waals surface area (Å²) in [6.07, 6.45) is 0. The lowest BCUT2D eigenvalue weighted by atomic mass is 10.1. The Morgan fingerprint density at radius 1 is 1.35 bits per heavy atom. The molecule has 0 aliphatic rings. The monoisotopic (exact) mass is 356 g/mol. The van der Waals surface area contributed by atoms with E-state index in [1.807, 2.05) is 0 Å². The third-order valence-corrected chi connectivity index (χ3v) is 3.79. The van der Waals surface area contributed by atoms with Gasteiger partial charge >= 0.3 is 15.6 Å². The minimum Gasteiger partial charge on any atom is -0.395 e. The van der Waals surface area contributed by atoms with E-state index in [4.69, 9.17) is 10.8 Å². The van der Waals surface area contributed by atoms with Gasteiger partial charge in [-0.15, -0.1) is 0 Å². The predicted molar refractivity (Wildman–Crippen MR) is 73.7 cm³/mol. The van der Waals surface area contributed by atoms with E-state index in [1.165, 1.54) is 24.1 Å². The molecule has 3 N–H and O–H groups in total. The van der Waals surface area contributed by atoms with E-state index in [9.17, 15) is 26.4 Å². The normalized spacial score (nSPS) is 13.5. The Hall–Kier alpha value is -1.85. The van der Waals surface area contributed by atoms with Crippen LogP contribution in [0.2, 0.25) is 0 Å². The second-order valence-electron chi connectivity index (χ2n) is 4.51. The van der Waals surface area contributed by atoms with Crippen LogP contribution in [0.1, 0.15) is 11.6 Å². The molecule has 0 aliphatic carbocycles. The first-order valence-corrected chi connectivity index (χ1v) is 7.62. The lowest BCUT2D eigenvalue weighted by molar-refractivity contribution is -0.131. The summed E-state index contributed by atoms with van der Waals surface area (Å²) >= 11 is 0. The van der Waals surface area contributed by atoms with Crippen molar-refractivity contribution in [2.24, 2.45) is 5.73 Å². The molecule has 0 unspecified atom stereocenters. The van der Waals surface area contributed by atoms with E-state index in [0.717, 1.165) is 12.1 Å². The number of carbonyl (C=O) groups is 1. The van der Waals surface area contributed by atoms with Crippen LogP contribution < -0.4 is 9.92 Å². The number of likely N-dealkylation sites (N-methyl/N-ethyl adjacent to an activating group) is 1. The Labute approximate surface area is 130 Å². The minimum absolute atomic E-state index is 0.0670. The highest BCUT2D eigenvalue weighted by Crippen LogP contribution is 2.27. The fraction of sp³-hybridized carbons (Fsp3) is 0.417. The second kappa shape index (κ2) is 7.15. The summed E-state index contributed by atoms with van der Waals surface area (Å²) in [5.41, 5.74) is 0.415. The van der Waals surface area contributed by atoms with Gasteiger partial charge in [0.15, 0.2) is 0 Å². The molecule has 130 valence electrons. The average molecular weight is 356 g/mol. The maximum absolute atomic E-state index is 12.2. The van der Waals surface area contributed by atoms with E-state index in [1.54, 1.807) is 0 Å². The van der Waals surface area contributed by atoms with Crippen LogP contribution >= 0.6 is 0 Å². The average Bonchev–Trinajstić information content (AvgIpc) is 2.45. The number of amides is 1. The van der Waals surface area contributed by atoms with Crippen molar-refractivity contribution >= 4 is 16.0 Å². The van der Waals surface area contributed by atoms with Crippen LogP contribution in [-0.4, -0.2) is 50.0 Å². The number of aliphatic hydroxyl groups excluding tert-OH is 1. The first kappa shape index (κ1) is 19.2. The fourth-order valence-electron chi connectivity index (χ4n) is 1.54. The van der Waals surface area contributed by atoms with Gasteiger partial charge in [-0.05, 0) is 17.7 Å². The molecule has 0 aromatic heterocycles. The number of benzene rings is 1. The third-order valence-electron chi connectivity index (χ3n) is 2.81. The zero-order chi connectivity index (χ0) is 17.8. The van der Waals surface area contributed by atoms with Crippen LogP contribution in [0.4, 0.5) is 13.2 Å². The van der Waals surface area contributed by atoms with Crippen LogP contribution in [0, 0.1) is 0 Å². The standard InChI is InChI=1S/C12H15F3N2O5S/c1-17(6-7-18)11(19)10(16)8-2-4-9(5-3-8)22-23(20,21)12(13,14)15/h2-5,10,18H,6-7,16H2,1H3/t10-/m1/s1. The summed E-state index contributed by atoms with van der Waals surface area (Å²) in [6.45, 7) is -0.186. The van der Waals surface area contributed by atoms with E-state index < -0.39 is 33.3 Å².